The van der Waals surface area contributed by atoms with Gasteiger partial charge in [-0.1, -0.05) is 91.0 Å². The molecule has 0 radical (unpaired) electrons. The van der Waals surface area contributed by atoms with Gasteiger partial charge in [-0.05, 0) is 49.9 Å². The number of nitrogens with zero attached hydrogens (tertiary/aromatic N) is 1. The van der Waals surface area contributed by atoms with Crippen LogP contribution in [-0.2, 0) is 19.6 Å². The summed E-state index contributed by atoms with van der Waals surface area (Å²) in [4.78, 5) is 2.43. The number of aromatic hydroxyl groups is 1. The summed E-state index contributed by atoms with van der Waals surface area (Å²) in [5, 5.41) is 15.5. The Morgan fingerprint density at radius 2 is 1.10 bits per heavy atom. The van der Waals surface area contributed by atoms with Crippen LogP contribution in [-0.4, -0.2) is 10.0 Å². The highest BCUT2D eigenvalue weighted by molar-refractivity contribution is 6.08. The van der Waals surface area contributed by atoms with E-state index in [0.29, 0.717) is 12.3 Å². The van der Waals surface area contributed by atoms with Gasteiger partial charge in [0.2, 0.25) is 0 Å². The number of phenols is 1. The van der Waals surface area contributed by atoms with Gasteiger partial charge in [0, 0.05) is 25.2 Å². The van der Waals surface area contributed by atoms with E-state index in [1.165, 1.54) is 43.8 Å². The maximum atomic E-state index is 10.4. The number of rotatable bonds is 2. The van der Waals surface area contributed by atoms with Crippen molar-refractivity contribution in [2.45, 2.75) is 19.6 Å². The molecule has 150 valence electrons. The SMILES string of the molecule is Oc1ccccc1CN1Cc2ccc3ccccc3c2-c2c(ccc3ccccc23)C1. The van der Waals surface area contributed by atoms with Crippen molar-refractivity contribution >= 4 is 21.5 Å². The Labute approximate surface area is 182 Å². The minimum atomic E-state index is 0.365. The molecule has 0 unspecified atom stereocenters. The Kier molecular flexibility index (Phi) is 4.26. The van der Waals surface area contributed by atoms with Crippen LogP contribution in [0.15, 0.2) is 97.1 Å². The van der Waals surface area contributed by atoms with Crippen molar-refractivity contribution in [2.24, 2.45) is 0 Å². The maximum Gasteiger partial charge on any atom is 0.120 e. The predicted molar refractivity (Wildman–Crippen MR) is 128 cm³/mol. The average molecular weight is 402 g/mol. The number of para-hydroxylation sites is 1. The lowest BCUT2D eigenvalue weighted by Gasteiger charge is -2.21. The molecule has 0 aliphatic carbocycles. The Morgan fingerprint density at radius 3 is 1.68 bits per heavy atom. The summed E-state index contributed by atoms with van der Waals surface area (Å²) < 4.78 is 0. The summed E-state index contributed by atoms with van der Waals surface area (Å²) in [5.74, 6) is 0.365. The molecular weight excluding hydrogens is 378 g/mol. The first-order valence-electron chi connectivity index (χ1n) is 10.8. The molecule has 2 heteroatoms. The Bertz CT molecular complexity index is 1350. The Balaban J connectivity index is 1.61. The fourth-order valence-electron chi connectivity index (χ4n) is 5.02. The highest BCUT2D eigenvalue weighted by atomic mass is 16.3. The first-order chi connectivity index (χ1) is 15.3. The zero-order valence-corrected chi connectivity index (χ0v) is 17.3. The van der Waals surface area contributed by atoms with Gasteiger partial charge >= 0.3 is 0 Å². The van der Waals surface area contributed by atoms with Gasteiger partial charge in [-0.15, -0.1) is 0 Å². The highest BCUT2D eigenvalue weighted by Crippen LogP contribution is 2.42. The van der Waals surface area contributed by atoms with E-state index in [9.17, 15) is 5.11 Å². The average Bonchev–Trinajstić information content (AvgIpc) is 2.97. The van der Waals surface area contributed by atoms with Crippen LogP contribution in [0, 0.1) is 0 Å². The molecule has 0 bridgehead atoms. The second kappa shape index (κ2) is 7.26. The second-order valence-electron chi connectivity index (χ2n) is 8.42. The summed E-state index contributed by atoms with van der Waals surface area (Å²) >= 11 is 0. The lowest BCUT2D eigenvalue weighted by Crippen LogP contribution is -2.21. The van der Waals surface area contributed by atoms with Crippen LogP contribution in [0.1, 0.15) is 16.7 Å². The molecule has 1 aliphatic heterocycles. The quantitative estimate of drug-likeness (QED) is 0.348. The molecule has 1 heterocycles. The lowest BCUT2D eigenvalue weighted by molar-refractivity contribution is 0.247. The van der Waals surface area contributed by atoms with Crippen LogP contribution in [0.4, 0.5) is 0 Å². The predicted octanol–water partition coefficient (Wildman–Crippen LogP) is 6.88. The smallest absolute Gasteiger partial charge is 0.120 e. The number of fused-ring (bicyclic) bond motifs is 7. The van der Waals surface area contributed by atoms with Gasteiger partial charge in [0.05, 0.1) is 0 Å². The van der Waals surface area contributed by atoms with E-state index in [-0.39, 0.29) is 0 Å². The first kappa shape index (κ1) is 18.2. The van der Waals surface area contributed by atoms with Crippen LogP contribution >= 0.6 is 0 Å². The van der Waals surface area contributed by atoms with Crippen LogP contribution in [0.5, 0.6) is 5.75 Å². The van der Waals surface area contributed by atoms with E-state index in [0.717, 1.165) is 18.7 Å². The van der Waals surface area contributed by atoms with E-state index in [1.807, 2.05) is 18.2 Å². The normalized spacial score (nSPS) is 13.7. The first-order valence-corrected chi connectivity index (χ1v) is 10.8. The second-order valence-corrected chi connectivity index (χ2v) is 8.42. The van der Waals surface area contributed by atoms with E-state index in [4.69, 9.17) is 0 Å². The third kappa shape index (κ3) is 3.08. The molecule has 31 heavy (non-hydrogen) atoms. The monoisotopic (exact) mass is 401 g/mol. The summed E-state index contributed by atoms with van der Waals surface area (Å²) in [6.07, 6.45) is 0. The number of hydrogen-bond donors (Lipinski definition) is 1. The minimum absolute atomic E-state index is 0.365. The molecule has 1 aliphatic rings. The van der Waals surface area contributed by atoms with Gasteiger partial charge < -0.3 is 5.11 Å². The van der Waals surface area contributed by atoms with Crippen molar-refractivity contribution in [1.82, 2.24) is 4.90 Å². The van der Waals surface area contributed by atoms with Crippen LogP contribution in [0.3, 0.4) is 0 Å². The molecular formula is C29H23NO. The molecule has 0 aromatic heterocycles. The topological polar surface area (TPSA) is 23.5 Å². The molecule has 0 amide bonds. The zero-order chi connectivity index (χ0) is 20.8. The van der Waals surface area contributed by atoms with Gasteiger partial charge in [-0.25, -0.2) is 0 Å². The van der Waals surface area contributed by atoms with Crippen LogP contribution < -0.4 is 0 Å². The summed E-state index contributed by atoms with van der Waals surface area (Å²) in [6, 6.07) is 34.1. The molecule has 0 saturated carbocycles. The third-order valence-corrected chi connectivity index (χ3v) is 6.45. The molecule has 0 spiro atoms. The third-order valence-electron chi connectivity index (χ3n) is 6.45. The minimum Gasteiger partial charge on any atom is -0.508 e. The Hall–Kier alpha value is -3.62. The summed E-state index contributed by atoms with van der Waals surface area (Å²) in [6.45, 7) is 2.40. The number of benzene rings is 5. The molecule has 2 nitrogen and oxygen atoms in total. The van der Waals surface area contributed by atoms with Crippen LogP contribution in [0.2, 0.25) is 0 Å². The van der Waals surface area contributed by atoms with Crippen LogP contribution in [0.25, 0.3) is 32.7 Å². The van der Waals surface area contributed by atoms with Gasteiger partial charge in [-0.3, -0.25) is 4.90 Å². The molecule has 5 aromatic rings. The van der Waals surface area contributed by atoms with Crippen molar-refractivity contribution < 1.29 is 5.11 Å². The summed E-state index contributed by atoms with van der Waals surface area (Å²) in [5.41, 5.74) is 6.34. The lowest BCUT2D eigenvalue weighted by atomic mass is 9.88. The molecule has 6 rings (SSSR count). The van der Waals surface area contributed by atoms with Gasteiger partial charge in [-0.2, -0.15) is 0 Å². The highest BCUT2D eigenvalue weighted by Gasteiger charge is 2.23. The fraction of sp³-hybridized carbons (Fsp3) is 0.103. The maximum absolute atomic E-state index is 10.4. The standard InChI is InChI=1S/C29H23NO/c31-27-12-6-3-9-22(27)17-30-18-23-15-13-20-7-1-4-10-25(20)28(23)29-24(19-30)16-14-21-8-2-5-11-26(21)29/h1-16,31H,17-19H2. The van der Waals surface area contributed by atoms with E-state index < -0.39 is 0 Å². The van der Waals surface area contributed by atoms with Crippen molar-refractivity contribution in [3.63, 3.8) is 0 Å². The number of hydrogen-bond acceptors (Lipinski definition) is 2. The van der Waals surface area contributed by atoms with E-state index in [1.54, 1.807) is 6.07 Å². The van der Waals surface area contributed by atoms with Crippen molar-refractivity contribution in [3.8, 4) is 16.9 Å². The summed E-state index contributed by atoms with van der Waals surface area (Å²) in [7, 11) is 0. The molecule has 5 aromatic carbocycles. The number of phenolic OH excluding ortho intramolecular Hbond substituents is 1. The molecule has 0 saturated heterocycles. The molecule has 1 N–H and O–H groups in total. The largest absolute Gasteiger partial charge is 0.508 e. The Morgan fingerprint density at radius 1 is 0.581 bits per heavy atom. The van der Waals surface area contributed by atoms with Crippen molar-refractivity contribution in [2.75, 3.05) is 0 Å². The van der Waals surface area contributed by atoms with Gasteiger partial charge in [0.1, 0.15) is 5.75 Å². The molecule has 0 atom stereocenters. The van der Waals surface area contributed by atoms with Gasteiger partial charge in [0.25, 0.3) is 0 Å². The van der Waals surface area contributed by atoms with Crippen molar-refractivity contribution in [1.29, 1.82) is 0 Å². The van der Waals surface area contributed by atoms with Gasteiger partial charge in [0.15, 0.2) is 0 Å². The zero-order valence-electron chi connectivity index (χ0n) is 17.3. The molecule has 0 fully saturated rings. The van der Waals surface area contributed by atoms with E-state index >= 15 is 0 Å². The fourth-order valence-corrected chi connectivity index (χ4v) is 5.02. The van der Waals surface area contributed by atoms with E-state index in [2.05, 4.69) is 77.7 Å². The van der Waals surface area contributed by atoms with Crippen molar-refractivity contribution in [3.05, 3.63) is 114 Å².